The number of carbonyl (C=O) groups is 1. The summed E-state index contributed by atoms with van der Waals surface area (Å²) in [4.78, 5) is 12.6. The normalized spacial score (nSPS) is 12.2. The lowest BCUT2D eigenvalue weighted by Crippen LogP contribution is -2.35. The Labute approximate surface area is 136 Å². The van der Waals surface area contributed by atoms with E-state index in [9.17, 15) is 17.8 Å². The monoisotopic (exact) mass is 334 g/mol. The fourth-order valence-corrected chi connectivity index (χ4v) is 2.91. The Kier molecular flexibility index (Phi) is 4.70. The van der Waals surface area contributed by atoms with E-state index in [1.807, 2.05) is 21.1 Å². The van der Waals surface area contributed by atoms with Crippen molar-refractivity contribution in [1.82, 2.24) is 4.48 Å². The highest BCUT2D eigenvalue weighted by Gasteiger charge is 2.21. The van der Waals surface area contributed by atoms with E-state index in [0.29, 0.717) is 15.6 Å². The lowest BCUT2D eigenvalue weighted by atomic mass is 9.98. The van der Waals surface area contributed by atoms with Gasteiger partial charge in [-0.1, -0.05) is 30.3 Å². The van der Waals surface area contributed by atoms with Gasteiger partial charge in [-0.05, 0) is 17.7 Å². The lowest BCUT2D eigenvalue weighted by molar-refractivity contribution is 0.103. The number of hydrogen-bond donors (Lipinski definition) is 1. The third-order valence-electron chi connectivity index (χ3n) is 3.48. The van der Waals surface area contributed by atoms with Crippen molar-refractivity contribution in [2.75, 3.05) is 21.1 Å². The number of ketones is 1. The molecule has 0 aromatic heterocycles. The second-order valence-electron chi connectivity index (χ2n) is 6.28. The zero-order chi connectivity index (χ0) is 17.3. The van der Waals surface area contributed by atoms with Gasteiger partial charge in [0.2, 0.25) is 0 Å². The maximum absolute atomic E-state index is 12.6. The van der Waals surface area contributed by atoms with Crippen molar-refractivity contribution >= 4 is 21.6 Å². The van der Waals surface area contributed by atoms with Gasteiger partial charge in [-0.2, -0.15) is 8.42 Å². The van der Waals surface area contributed by atoms with Gasteiger partial charge in [0.1, 0.15) is 11.4 Å². The first-order valence-corrected chi connectivity index (χ1v) is 8.69. The molecule has 0 aliphatic rings. The van der Waals surface area contributed by atoms with Gasteiger partial charge in [-0.3, -0.25) is 13.8 Å². The summed E-state index contributed by atoms with van der Waals surface area (Å²) in [5.74, 6) is -0.855. The van der Waals surface area contributed by atoms with Crippen LogP contribution in [0.2, 0.25) is 0 Å². The molecule has 0 saturated carbocycles. The molecule has 0 aliphatic carbocycles. The minimum absolute atomic E-state index is 0.266. The molecule has 2 aromatic carbocycles. The van der Waals surface area contributed by atoms with E-state index in [4.69, 9.17) is 0 Å². The molecule has 0 heterocycles. The Morgan fingerprint density at radius 1 is 1.04 bits per heavy atom. The molecule has 122 valence electrons. The first kappa shape index (κ1) is 17.3. The van der Waals surface area contributed by atoms with Crippen molar-refractivity contribution < 1.29 is 17.8 Å². The molecule has 6 heteroatoms. The van der Waals surface area contributed by atoms with Crippen LogP contribution in [0.4, 0.5) is 5.69 Å². The van der Waals surface area contributed by atoms with Crippen molar-refractivity contribution in [3.63, 3.8) is 0 Å². The highest BCUT2D eigenvalue weighted by molar-refractivity contribution is 7.85. The van der Waals surface area contributed by atoms with Crippen LogP contribution in [-0.2, 0) is 15.9 Å². The average Bonchev–Trinajstić information content (AvgIpc) is 2.45. The van der Waals surface area contributed by atoms with Crippen LogP contribution in [-0.4, -0.2) is 39.9 Å². The second-order valence-corrected chi connectivity index (χ2v) is 7.73. The summed E-state index contributed by atoms with van der Waals surface area (Å²) in [7, 11) is 1.57. The van der Waals surface area contributed by atoms with Crippen LogP contribution >= 0.6 is 0 Å². The lowest BCUT2D eigenvalue weighted by Gasteiger charge is -2.24. The predicted molar refractivity (Wildman–Crippen MR) is 91.1 cm³/mol. The van der Waals surface area contributed by atoms with E-state index < -0.39 is 15.9 Å². The highest BCUT2D eigenvalue weighted by Crippen LogP contribution is 2.25. The number of rotatable bonds is 5. The molecular weight excluding hydrogens is 314 g/mol. The summed E-state index contributed by atoms with van der Waals surface area (Å²) in [6.07, 6.45) is 0. The summed E-state index contributed by atoms with van der Waals surface area (Å²) < 4.78 is 32.3. The van der Waals surface area contributed by atoms with E-state index in [0.717, 1.165) is 5.69 Å². The molecule has 0 spiro atoms. The molecule has 0 saturated heterocycles. The van der Waals surface area contributed by atoms with E-state index in [2.05, 4.69) is 0 Å². The number of hydrogen-bond acceptors (Lipinski definition) is 3. The zero-order valence-electron chi connectivity index (χ0n) is 13.4. The molecule has 0 bridgehead atoms. The molecule has 2 aromatic rings. The molecule has 2 rings (SSSR count). The van der Waals surface area contributed by atoms with Crippen molar-refractivity contribution in [2.24, 2.45) is 0 Å². The fraction of sp³-hybridized carbons (Fsp3) is 0.235. The van der Waals surface area contributed by atoms with Gasteiger partial charge < -0.3 is 0 Å². The maximum atomic E-state index is 12.6. The molecule has 0 amide bonds. The molecular formula is C17H20NO4S+. The fourth-order valence-electron chi connectivity index (χ4n) is 2.28. The number of quaternary nitrogens is 1. The molecule has 1 N–H and O–H groups in total. The molecule has 0 fully saturated rings. The van der Waals surface area contributed by atoms with Crippen molar-refractivity contribution in [2.45, 2.75) is 5.75 Å². The largest absolute Gasteiger partial charge is 0.298 e. The van der Waals surface area contributed by atoms with Crippen LogP contribution in [0.5, 0.6) is 0 Å². The van der Waals surface area contributed by atoms with Crippen LogP contribution in [0.3, 0.4) is 0 Å². The van der Waals surface area contributed by atoms with E-state index in [1.165, 1.54) is 0 Å². The molecule has 0 radical (unpaired) electrons. The molecule has 5 nitrogen and oxygen atoms in total. The number of benzene rings is 2. The Bertz CT molecular complexity index is 821. The van der Waals surface area contributed by atoms with E-state index >= 15 is 0 Å². The summed E-state index contributed by atoms with van der Waals surface area (Å²) in [6, 6.07) is 13.7. The molecule has 23 heavy (non-hydrogen) atoms. The van der Waals surface area contributed by atoms with Crippen LogP contribution in [0.1, 0.15) is 21.5 Å². The summed E-state index contributed by atoms with van der Waals surface area (Å²) >= 11 is 0. The van der Waals surface area contributed by atoms with Crippen LogP contribution in [0, 0.1) is 0 Å². The Hall–Kier alpha value is -2.02. The van der Waals surface area contributed by atoms with Crippen LogP contribution in [0.15, 0.2) is 48.5 Å². The van der Waals surface area contributed by atoms with E-state index in [-0.39, 0.29) is 11.3 Å². The Morgan fingerprint density at radius 2 is 1.65 bits per heavy atom. The van der Waals surface area contributed by atoms with Crippen molar-refractivity contribution in [1.29, 1.82) is 0 Å². The third kappa shape index (κ3) is 4.48. The average molecular weight is 334 g/mol. The van der Waals surface area contributed by atoms with Gasteiger partial charge in [0.05, 0.1) is 21.1 Å². The van der Waals surface area contributed by atoms with Crippen molar-refractivity contribution in [3.05, 3.63) is 65.2 Å². The SMILES string of the molecule is C[N+](C)(C)c1ccc(C(=O)c2ccccc2)c(CS(=O)(=O)O)c1. The highest BCUT2D eigenvalue weighted by atomic mass is 32.2. The number of nitrogens with zero attached hydrogens (tertiary/aromatic N) is 1. The van der Waals surface area contributed by atoms with Gasteiger partial charge in [-0.15, -0.1) is 0 Å². The van der Waals surface area contributed by atoms with Gasteiger partial charge in [0, 0.05) is 17.2 Å². The molecule has 0 aliphatic heterocycles. The summed E-state index contributed by atoms with van der Waals surface area (Å²) in [5.41, 5.74) is 1.90. The Balaban J connectivity index is 2.56. The summed E-state index contributed by atoms with van der Waals surface area (Å²) in [5, 5.41) is 0. The first-order chi connectivity index (χ1) is 10.6. The standard InChI is InChI=1S/C17H19NO4S/c1-18(2,3)15-9-10-16(14(11-15)12-23(20,21)22)17(19)13-7-5-4-6-8-13/h4-11H,12H2,1-3H3/p+1. The minimum Gasteiger partial charge on any atom is -0.298 e. The third-order valence-corrected chi connectivity index (χ3v) is 4.16. The van der Waals surface area contributed by atoms with Gasteiger partial charge in [-0.25, -0.2) is 0 Å². The predicted octanol–water partition coefficient (Wildman–Crippen LogP) is 2.50. The smallest absolute Gasteiger partial charge is 0.269 e. The molecule has 0 atom stereocenters. The van der Waals surface area contributed by atoms with Crippen LogP contribution in [0.25, 0.3) is 0 Å². The van der Waals surface area contributed by atoms with Crippen molar-refractivity contribution in [3.8, 4) is 0 Å². The maximum Gasteiger partial charge on any atom is 0.269 e. The van der Waals surface area contributed by atoms with Crippen LogP contribution < -0.4 is 4.48 Å². The van der Waals surface area contributed by atoms with Gasteiger partial charge in [0.25, 0.3) is 10.1 Å². The van der Waals surface area contributed by atoms with E-state index in [1.54, 1.807) is 48.5 Å². The topological polar surface area (TPSA) is 71.4 Å². The first-order valence-electron chi connectivity index (χ1n) is 7.08. The zero-order valence-corrected chi connectivity index (χ0v) is 14.2. The minimum atomic E-state index is -4.24. The Morgan fingerprint density at radius 3 is 2.17 bits per heavy atom. The second kappa shape index (κ2) is 6.23. The quantitative estimate of drug-likeness (QED) is 0.518. The molecule has 0 unspecified atom stereocenters. The van der Waals surface area contributed by atoms with Gasteiger partial charge in [0.15, 0.2) is 5.78 Å². The number of carbonyl (C=O) groups excluding carboxylic acids is 1. The van der Waals surface area contributed by atoms with Gasteiger partial charge >= 0.3 is 0 Å². The summed E-state index contributed by atoms with van der Waals surface area (Å²) in [6.45, 7) is 0.